The van der Waals surface area contributed by atoms with Gasteiger partial charge < -0.3 is 20.0 Å². The van der Waals surface area contributed by atoms with E-state index in [9.17, 15) is 10.2 Å². The highest BCUT2D eigenvalue weighted by atomic mass is 16.3. The van der Waals surface area contributed by atoms with Crippen LogP contribution in [0.15, 0.2) is 437 Å². The van der Waals surface area contributed by atoms with Crippen molar-refractivity contribution in [2.75, 3.05) is 9.80 Å². The number of anilines is 6. The summed E-state index contributed by atoms with van der Waals surface area (Å²) >= 11 is 0. The summed E-state index contributed by atoms with van der Waals surface area (Å²) in [4.78, 5) is 4.62. The number of hydrogen-bond donors (Lipinski definition) is 2. The third-order valence-corrected chi connectivity index (χ3v) is 20.6. The first-order chi connectivity index (χ1) is 56.3. The van der Waals surface area contributed by atoms with Crippen LogP contribution in [0.4, 0.5) is 34.1 Å². The Kier molecular flexibility index (Phi) is 24.4. The largest absolute Gasteiger partial charge is 0.392 e. The lowest BCUT2D eigenvalue weighted by Crippen LogP contribution is -2.10. The minimum atomic E-state index is 0.000276. The van der Waals surface area contributed by atoms with Crippen LogP contribution in [0.1, 0.15) is 89.0 Å². The summed E-state index contributed by atoms with van der Waals surface area (Å²) in [5.41, 5.74) is 29.2. The fourth-order valence-corrected chi connectivity index (χ4v) is 14.6. The van der Waals surface area contributed by atoms with Gasteiger partial charge in [-0.05, 0) is 192 Å². The molecule has 0 aliphatic heterocycles. The monoisotopic (exact) mass is 1470 g/mol. The normalized spacial score (nSPS) is 11.1. The van der Waals surface area contributed by atoms with E-state index in [2.05, 4.69) is 461 Å². The summed E-state index contributed by atoms with van der Waals surface area (Å²) < 4.78 is 0. The van der Waals surface area contributed by atoms with Crippen molar-refractivity contribution in [2.24, 2.45) is 0 Å². The second-order valence-electron chi connectivity index (χ2n) is 28.2. The topological polar surface area (TPSA) is 46.9 Å². The fraction of sp³-hybridized carbons (Fsp3) is 0.0364. The third-order valence-electron chi connectivity index (χ3n) is 20.6. The van der Waals surface area contributed by atoms with Crippen LogP contribution in [0, 0.1) is 13.8 Å². The van der Waals surface area contributed by atoms with Crippen molar-refractivity contribution in [1.82, 2.24) is 0 Å². The Hall–Kier alpha value is -14.3. The molecule has 4 nitrogen and oxygen atoms in total. The van der Waals surface area contributed by atoms with Crippen molar-refractivity contribution in [3.8, 4) is 0 Å². The lowest BCUT2D eigenvalue weighted by atomic mass is 9.92. The van der Waals surface area contributed by atoms with Crippen molar-refractivity contribution in [3.05, 3.63) is 526 Å². The number of aliphatic hydroxyl groups is 2. The molecule has 550 valence electrons. The van der Waals surface area contributed by atoms with Crippen molar-refractivity contribution in [3.63, 3.8) is 0 Å². The van der Waals surface area contributed by atoms with Crippen LogP contribution >= 0.6 is 0 Å². The van der Waals surface area contributed by atoms with E-state index >= 15 is 0 Å². The van der Waals surface area contributed by atoms with E-state index in [-0.39, 0.29) is 13.2 Å². The van der Waals surface area contributed by atoms with Gasteiger partial charge in [-0.2, -0.15) is 0 Å². The molecule has 16 aromatic rings. The Morgan fingerprint density at radius 2 is 0.500 bits per heavy atom. The highest BCUT2D eigenvalue weighted by Gasteiger charge is 2.20. The van der Waals surface area contributed by atoms with Gasteiger partial charge in [-0.1, -0.05) is 406 Å². The number of allylic oxidation sites excluding steroid dienone is 6. The van der Waals surface area contributed by atoms with Crippen molar-refractivity contribution in [1.29, 1.82) is 0 Å². The molecule has 0 aliphatic carbocycles. The molecule has 0 amide bonds. The molecule has 0 heterocycles. The molecule has 0 atom stereocenters. The van der Waals surface area contributed by atoms with Crippen molar-refractivity contribution in [2.45, 2.75) is 27.1 Å². The highest BCUT2D eigenvalue weighted by Crippen LogP contribution is 2.44. The molecule has 0 unspecified atom stereocenters. The van der Waals surface area contributed by atoms with E-state index in [0.29, 0.717) is 0 Å². The van der Waals surface area contributed by atoms with E-state index in [0.717, 1.165) is 83.7 Å². The summed E-state index contributed by atoms with van der Waals surface area (Å²) in [6.07, 6.45) is 21.9. The molecule has 4 heteroatoms. The Morgan fingerprint density at radius 3 is 0.816 bits per heavy atom. The molecule has 0 aliphatic rings. The SMILES string of the molecule is Cc1ccc(C(=Cc2ccc(N(c3ccc(/C=C/C=C(c4ccccc4)c4ccccc4)cc3)c3ccc(CO)cc3)c3ccccc23)c2ccc(C)cc2)cc1.OCc1ccc(N(c2ccc(/C=C/C=C(c3ccccc3)c3ccccc3)cc2)c2ccc(/C=C/C=C(c3ccccc3)c3ccccc3)c3ccccc23)cc1. The van der Waals surface area contributed by atoms with Crippen LogP contribution in [-0.2, 0) is 13.2 Å². The van der Waals surface area contributed by atoms with Crippen LogP contribution in [0.5, 0.6) is 0 Å². The predicted octanol–water partition coefficient (Wildman–Crippen LogP) is 28.2. The van der Waals surface area contributed by atoms with Crippen LogP contribution in [0.3, 0.4) is 0 Å². The molecular weight excluding hydrogens is 1380 g/mol. The third kappa shape index (κ3) is 18.3. The molecule has 16 rings (SSSR count). The second kappa shape index (κ2) is 37.0. The van der Waals surface area contributed by atoms with E-state index in [4.69, 9.17) is 0 Å². The number of aryl methyl sites for hydroxylation is 2. The number of benzene rings is 16. The molecule has 0 spiro atoms. The molecule has 0 radical (unpaired) electrons. The lowest BCUT2D eigenvalue weighted by molar-refractivity contribution is 0.281. The lowest BCUT2D eigenvalue weighted by Gasteiger charge is -2.27. The summed E-state index contributed by atoms with van der Waals surface area (Å²) in [6, 6.07) is 141. The average molecular weight is 1470 g/mol. The Morgan fingerprint density at radius 1 is 0.237 bits per heavy atom. The summed E-state index contributed by atoms with van der Waals surface area (Å²) in [6.45, 7) is 4.26. The van der Waals surface area contributed by atoms with Gasteiger partial charge in [0.1, 0.15) is 0 Å². The average Bonchev–Trinajstić information content (AvgIpc) is 0.774. The van der Waals surface area contributed by atoms with Gasteiger partial charge in [0.25, 0.3) is 0 Å². The van der Waals surface area contributed by atoms with Gasteiger partial charge in [-0.25, -0.2) is 0 Å². The molecule has 114 heavy (non-hydrogen) atoms. The molecule has 16 aromatic carbocycles. The van der Waals surface area contributed by atoms with Crippen molar-refractivity contribution < 1.29 is 10.2 Å². The first-order valence-corrected chi connectivity index (χ1v) is 38.9. The minimum Gasteiger partial charge on any atom is -0.392 e. The number of nitrogens with zero attached hydrogens (tertiary/aromatic N) is 2. The van der Waals surface area contributed by atoms with Gasteiger partial charge in [0.05, 0.1) is 24.6 Å². The highest BCUT2D eigenvalue weighted by molar-refractivity contribution is 6.07. The molecule has 2 N–H and O–H groups in total. The fourth-order valence-electron chi connectivity index (χ4n) is 14.6. The van der Waals surface area contributed by atoms with Gasteiger partial charge in [-0.3, -0.25) is 0 Å². The van der Waals surface area contributed by atoms with Gasteiger partial charge >= 0.3 is 0 Å². The van der Waals surface area contributed by atoms with E-state index in [1.807, 2.05) is 24.3 Å². The summed E-state index contributed by atoms with van der Waals surface area (Å²) in [5, 5.41) is 24.3. The molecule has 0 bridgehead atoms. The first-order valence-electron chi connectivity index (χ1n) is 38.9. The zero-order chi connectivity index (χ0) is 77.6. The van der Waals surface area contributed by atoms with Gasteiger partial charge in [0.2, 0.25) is 0 Å². The quantitative estimate of drug-likeness (QED) is 0.0495. The molecule has 0 fully saturated rings. The molecule has 0 saturated carbocycles. The number of hydrogen-bond acceptors (Lipinski definition) is 4. The van der Waals surface area contributed by atoms with Crippen LogP contribution in [0.25, 0.3) is 68.1 Å². The van der Waals surface area contributed by atoms with Gasteiger partial charge in [0, 0.05) is 33.5 Å². The molecule has 0 saturated heterocycles. The maximum Gasteiger partial charge on any atom is 0.0681 e. The second-order valence-corrected chi connectivity index (χ2v) is 28.2. The van der Waals surface area contributed by atoms with E-state index < -0.39 is 0 Å². The molecule has 0 aromatic heterocycles. The zero-order valence-electron chi connectivity index (χ0n) is 64.1. The Labute approximate surface area is 670 Å². The molecular formula is C110H88N2O2. The maximum absolute atomic E-state index is 9.87. The Balaban J connectivity index is 0.000000180. The Bertz CT molecular complexity index is 5920. The maximum atomic E-state index is 9.87. The van der Waals surface area contributed by atoms with E-state index in [1.54, 1.807) is 0 Å². The number of aliphatic hydroxyl groups excluding tert-OH is 2. The van der Waals surface area contributed by atoms with E-state index in [1.165, 1.54) is 83.3 Å². The van der Waals surface area contributed by atoms with Gasteiger partial charge in [0.15, 0.2) is 0 Å². The van der Waals surface area contributed by atoms with Crippen LogP contribution in [0.2, 0.25) is 0 Å². The summed E-state index contributed by atoms with van der Waals surface area (Å²) in [5.74, 6) is 0. The predicted molar refractivity (Wildman–Crippen MR) is 485 cm³/mol. The standard InChI is InChI=1S/C55H45NO.C55H43NO/c1-40-20-28-46(29-21-40)54(47-30-22-41(2)23-31-47)38-48-32-37-55(53-18-10-9-17-52(48)53)56(50-35-26-43(39-57)27-36-50)49-33-24-42(25-34-49)12-11-19-51(44-13-5-3-6-14-44)45-15-7-4-8-16-45;57-41-43-33-38-50(39-34-43)56(49-36-31-42(32-37-49)17-15-29-51(44-18-5-1-6-19-44)45-20-7-2-8-21-45)55-40-35-48(53-27-13-14-28-54(53)55)26-16-30-52(46-22-9-3-10-23-46)47-24-11-4-12-25-47/h3-38,57H,39H2,1-2H3;1-40,57H,41H2/b12-11+;17-15+,26-16+. The van der Waals surface area contributed by atoms with Crippen LogP contribution in [-0.4, -0.2) is 10.2 Å². The zero-order valence-corrected chi connectivity index (χ0v) is 64.1. The number of rotatable bonds is 23. The summed E-state index contributed by atoms with van der Waals surface area (Å²) in [7, 11) is 0. The smallest absolute Gasteiger partial charge is 0.0681 e. The van der Waals surface area contributed by atoms with Crippen LogP contribution < -0.4 is 9.80 Å². The first kappa shape index (κ1) is 75.2. The minimum absolute atomic E-state index is 0.000276. The van der Waals surface area contributed by atoms with Gasteiger partial charge in [-0.15, -0.1) is 0 Å². The van der Waals surface area contributed by atoms with Crippen molar-refractivity contribution >= 4 is 102 Å². The number of fused-ring (bicyclic) bond motifs is 2.